The van der Waals surface area contributed by atoms with E-state index in [4.69, 9.17) is 11.6 Å². The second-order valence-electron chi connectivity index (χ2n) is 7.74. The first-order chi connectivity index (χ1) is 16.1. The molecule has 2 heterocycles. The number of imide groups is 2. The van der Waals surface area contributed by atoms with Gasteiger partial charge in [0.25, 0.3) is 17.5 Å². The fraction of sp³-hybridized carbons (Fsp3) is 0.125. The zero-order chi connectivity index (χ0) is 24.7. The fourth-order valence-electron chi connectivity index (χ4n) is 3.91. The lowest BCUT2D eigenvalue weighted by atomic mass is 10.1. The Morgan fingerprint density at radius 2 is 1.62 bits per heavy atom. The molecular weight excluding hydrogens is 460 g/mol. The Bertz CT molecular complexity index is 1390. The van der Waals surface area contributed by atoms with Crippen molar-refractivity contribution in [2.75, 3.05) is 11.9 Å². The number of hydrogen-bond donors (Lipinski definition) is 0. The van der Waals surface area contributed by atoms with Crippen molar-refractivity contribution >= 4 is 46.9 Å². The van der Waals surface area contributed by atoms with Crippen molar-refractivity contribution in [3.05, 3.63) is 92.3 Å². The number of nitro benzene ring substituents is 1. The summed E-state index contributed by atoms with van der Waals surface area (Å²) in [6.07, 6.45) is 1.45. The SMILES string of the molecule is Cc1cc(/C=C2\C(=O)N(C)C(=O)N(c3ccccc3)C2=O)c(C)n1-c1ccc([N+](=O)[O-])c(Cl)c1. The number of hydrogen-bond acceptors (Lipinski definition) is 5. The van der Waals surface area contributed by atoms with Crippen molar-refractivity contribution in [1.29, 1.82) is 0 Å². The number of nitrogens with zero attached hydrogens (tertiary/aromatic N) is 4. The number of aryl methyl sites for hydroxylation is 1. The smallest absolute Gasteiger partial charge is 0.318 e. The topological polar surface area (TPSA) is 106 Å². The number of halogens is 1. The summed E-state index contributed by atoms with van der Waals surface area (Å²) >= 11 is 6.08. The van der Waals surface area contributed by atoms with Crippen molar-refractivity contribution in [2.24, 2.45) is 0 Å². The monoisotopic (exact) mass is 478 g/mol. The molecule has 34 heavy (non-hydrogen) atoms. The first-order valence-electron chi connectivity index (χ1n) is 10.2. The van der Waals surface area contributed by atoms with Crippen LogP contribution in [-0.2, 0) is 9.59 Å². The van der Waals surface area contributed by atoms with Gasteiger partial charge in [-0.05, 0) is 55.8 Å². The van der Waals surface area contributed by atoms with Gasteiger partial charge in [-0.3, -0.25) is 24.6 Å². The van der Waals surface area contributed by atoms with Crippen molar-refractivity contribution in [3.63, 3.8) is 0 Å². The largest absolute Gasteiger partial charge is 0.338 e. The van der Waals surface area contributed by atoms with Crippen LogP contribution in [-0.4, -0.2) is 39.3 Å². The Morgan fingerprint density at radius 1 is 0.941 bits per heavy atom. The minimum atomic E-state index is -0.732. The van der Waals surface area contributed by atoms with Crippen molar-refractivity contribution in [3.8, 4) is 5.69 Å². The van der Waals surface area contributed by atoms with E-state index in [1.165, 1.54) is 25.3 Å². The molecule has 0 radical (unpaired) electrons. The summed E-state index contributed by atoms with van der Waals surface area (Å²) in [5.41, 5.74) is 2.61. The second-order valence-corrected chi connectivity index (χ2v) is 8.14. The van der Waals surface area contributed by atoms with Crippen molar-refractivity contribution < 1.29 is 19.3 Å². The lowest BCUT2D eigenvalue weighted by molar-refractivity contribution is -0.384. The summed E-state index contributed by atoms with van der Waals surface area (Å²) in [6.45, 7) is 3.61. The first-order valence-corrected chi connectivity index (χ1v) is 10.6. The van der Waals surface area contributed by atoms with Crippen molar-refractivity contribution in [2.45, 2.75) is 13.8 Å². The van der Waals surface area contributed by atoms with Gasteiger partial charge in [0.2, 0.25) is 0 Å². The zero-order valence-corrected chi connectivity index (χ0v) is 19.2. The molecule has 1 fully saturated rings. The highest BCUT2D eigenvalue weighted by atomic mass is 35.5. The number of anilines is 1. The highest BCUT2D eigenvalue weighted by molar-refractivity contribution is 6.39. The van der Waals surface area contributed by atoms with E-state index in [2.05, 4.69) is 0 Å². The summed E-state index contributed by atoms with van der Waals surface area (Å²) < 4.78 is 1.81. The van der Waals surface area contributed by atoms with E-state index in [0.717, 1.165) is 15.5 Å². The molecule has 0 atom stereocenters. The molecule has 4 rings (SSSR count). The molecule has 2 aromatic carbocycles. The van der Waals surface area contributed by atoms with Gasteiger partial charge in [-0.25, -0.2) is 9.69 Å². The van der Waals surface area contributed by atoms with Gasteiger partial charge >= 0.3 is 6.03 Å². The maximum Gasteiger partial charge on any atom is 0.338 e. The lowest BCUT2D eigenvalue weighted by Gasteiger charge is -2.31. The van der Waals surface area contributed by atoms with Gasteiger partial charge in [0.1, 0.15) is 10.6 Å². The van der Waals surface area contributed by atoms with Gasteiger partial charge in [0.15, 0.2) is 0 Å². The highest BCUT2D eigenvalue weighted by Gasteiger charge is 2.41. The predicted molar refractivity (Wildman–Crippen MR) is 127 cm³/mol. The third-order valence-corrected chi connectivity index (χ3v) is 5.92. The van der Waals surface area contributed by atoms with Crippen molar-refractivity contribution in [1.82, 2.24) is 9.47 Å². The van der Waals surface area contributed by atoms with Crippen LogP contribution in [0.1, 0.15) is 17.0 Å². The molecular formula is C24H19ClN4O5. The maximum absolute atomic E-state index is 13.2. The number of likely N-dealkylation sites (N-methyl/N-ethyl adjacent to an activating group) is 1. The summed E-state index contributed by atoms with van der Waals surface area (Å²) in [7, 11) is 1.32. The molecule has 1 saturated heterocycles. The molecule has 0 saturated carbocycles. The Morgan fingerprint density at radius 3 is 2.24 bits per heavy atom. The van der Waals surface area contributed by atoms with E-state index in [1.54, 1.807) is 49.4 Å². The van der Waals surface area contributed by atoms with E-state index < -0.39 is 22.8 Å². The number of amides is 4. The normalized spacial score (nSPS) is 15.4. The van der Waals surface area contributed by atoms with Crippen LogP contribution in [0.5, 0.6) is 0 Å². The Labute approximate surface area is 199 Å². The molecule has 0 N–H and O–H groups in total. The molecule has 10 heteroatoms. The van der Waals surface area contributed by atoms with E-state index in [-0.39, 0.29) is 16.3 Å². The summed E-state index contributed by atoms with van der Waals surface area (Å²) in [6, 6.07) is 13.8. The minimum absolute atomic E-state index is 0.00817. The number of para-hydroxylation sites is 1. The van der Waals surface area contributed by atoms with Crippen LogP contribution in [0.4, 0.5) is 16.2 Å². The van der Waals surface area contributed by atoms with E-state index in [1.807, 2.05) is 11.5 Å². The molecule has 9 nitrogen and oxygen atoms in total. The van der Waals surface area contributed by atoms with Crippen LogP contribution in [0, 0.1) is 24.0 Å². The van der Waals surface area contributed by atoms with Crippen LogP contribution in [0.25, 0.3) is 11.8 Å². The van der Waals surface area contributed by atoms with Crippen LogP contribution >= 0.6 is 11.6 Å². The number of urea groups is 1. The maximum atomic E-state index is 13.2. The minimum Gasteiger partial charge on any atom is -0.318 e. The van der Waals surface area contributed by atoms with E-state index in [9.17, 15) is 24.5 Å². The quantitative estimate of drug-likeness (QED) is 0.234. The summed E-state index contributed by atoms with van der Waals surface area (Å²) in [5, 5.41) is 11.1. The third-order valence-electron chi connectivity index (χ3n) is 5.62. The molecule has 1 aromatic heterocycles. The summed E-state index contributed by atoms with van der Waals surface area (Å²) in [4.78, 5) is 51.1. The van der Waals surface area contributed by atoms with Crippen LogP contribution in [0.2, 0.25) is 5.02 Å². The van der Waals surface area contributed by atoms with Gasteiger partial charge < -0.3 is 4.57 Å². The number of aromatic nitrogens is 1. The van der Waals surface area contributed by atoms with Gasteiger partial charge in [-0.2, -0.15) is 0 Å². The number of carbonyl (C=O) groups excluding carboxylic acids is 3. The molecule has 0 bridgehead atoms. The van der Waals surface area contributed by atoms with Gasteiger partial charge in [-0.1, -0.05) is 29.8 Å². The average Bonchev–Trinajstić information content (AvgIpc) is 3.08. The Hall–Kier alpha value is -4.24. The second kappa shape index (κ2) is 8.60. The van der Waals surface area contributed by atoms with Crippen LogP contribution in [0.15, 0.2) is 60.2 Å². The van der Waals surface area contributed by atoms with E-state index >= 15 is 0 Å². The van der Waals surface area contributed by atoms with Crippen LogP contribution in [0.3, 0.4) is 0 Å². The third kappa shape index (κ3) is 3.75. The van der Waals surface area contributed by atoms with Gasteiger partial charge in [0.05, 0.1) is 10.6 Å². The average molecular weight is 479 g/mol. The number of barbiturate groups is 1. The van der Waals surface area contributed by atoms with Gasteiger partial charge in [-0.15, -0.1) is 0 Å². The predicted octanol–water partition coefficient (Wildman–Crippen LogP) is 4.66. The molecule has 0 unspecified atom stereocenters. The number of nitro groups is 1. The molecule has 1 aliphatic heterocycles. The highest BCUT2D eigenvalue weighted by Crippen LogP contribution is 2.31. The number of rotatable bonds is 4. The summed E-state index contributed by atoms with van der Waals surface area (Å²) in [5.74, 6) is -1.42. The molecule has 4 amide bonds. The van der Waals surface area contributed by atoms with Crippen LogP contribution < -0.4 is 4.90 Å². The molecule has 3 aromatic rings. The molecule has 172 valence electrons. The standard InChI is InChI=1S/C24H19ClN4O5/c1-14-11-16(15(2)27(14)18-9-10-21(29(33)34)20(25)13-18)12-19-22(30)26(3)24(32)28(23(19)31)17-7-5-4-6-8-17/h4-13H,1-3H3/b19-12+. The van der Waals surface area contributed by atoms with E-state index in [0.29, 0.717) is 22.6 Å². The molecule has 0 aliphatic carbocycles. The Kier molecular flexibility index (Phi) is 5.80. The number of carbonyl (C=O) groups is 3. The number of benzene rings is 2. The lowest BCUT2D eigenvalue weighted by Crippen LogP contribution is -2.55. The zero-order valence-electron chi connectivity index (χ0n) is 18.5. The Balaban J connectivity index is 1.79. The first kappa shape index (κ1) is 22.9. The fourth-order valence-corrected chi connectivity index (χ4v) is 4.16. The van der Waals surface area contributed by atoms with Gasteiger partial charge in [0, 0.05) is 30.2 Å². The molecule has 0 spiro atoms. The molecule has 1 aliphatic rings.